The van der Waals surface area contributed by atoms with Crippen LogP contribution in [0, 0.1) is 6.92 Å². The Labute approximate surface area is 104 Å². The van der Waals surface area contributed by atoms with E-state index in [-0.39, 0.29) is 5.91 Å². The first kappa shape index (κ1) is 11.4. The highest BCUT2D eigenvalue weighted by molar-refractivity contribution is 8.01. The average molecular weight is 273 g/mol. The third-order valence-electron chi connectivity index (χ3n) is 1.44. The topological polar surface area (TPSA) is 80.7 Å². The SMILES string of the molecule is Cc1nnc(SCC(=O)Nc2nncs2)s1. The third-order valence-corrected chi connectivity index (χ3v) is 4.02. The number of nitrogens with zero attached hydrogens (tertiary/aromatic N) is 4. The zero-order valence-electron chi connectivity index (χ0n) is 8.21. The van der Waals surface area contributed by atoms with E-state index in [1.54, 1.807) is 5.51 Å². The molecule has 1 amide bonds. The minimum absolute atomic E-state index is 0.116. The summed E-state index contributed by atoms with van der Waals surface area (Å²) in [6.07, 6.45) is 0. The highest BCUT2D eigenvalue weighted by atomic mass is 32.2. The number of aryl methyl sites for hydroxylation is 1. The highest BCUT2D eigenvalue weighted by Crippen LogP contribution is 2.21. The van der Waals surface area contributed by atoms with Crippen molar-refractivity contribution in [3.8, 4) is 0 Å². The zero-order chi connectivity index (χ0) is 11.4. The van der Waals surface area contributed by atoms with Gasteiger partial charge in [-0.15, -0.1) is 20.4 Å². The molecule has 0 aliphatic heterocycles. The number of anilines is 1. The van der Waals surface area contributed by atoms with Crippen molar-refractivity contribution in [3.63, 3.8) is 0 Å². The van der Waals surface area contributed by atoms with E-state index in [1.807, 2.05) is 6.92 Å². The van der Waals surface area contributed by atoms with Gasteiger partial charge in [0.15, 0.2) is 4.34 Å². The molecule has 0 aromatic carbocycles. The second kappa shape index (κ2) is 5.32. The van der Waals surface area contributed by atoms with Gasteiger partial charge in [0.05, 0.1) is 5.75 Å². The fourth-order valence-electron chi connectivity index (χ4n) is 0.847. The van der Waals surface area contributed by atoms with Crippen molar-refractivity contribution in [1.82, 2.24) is 20.4 Å². The lowest BCUT2D eigenvalue weighted by atomic mass is 10.7. The van der Waals surface area contributed by atoms with Crippen LogP contribution in [0.15, 0.2) is 9.85 Å². The summed E-state index contributed by atoms with van der Waals surface area (Å²) in [5.41, 5.74) is 1.57. The van der Waals surface area contributed by atoms with Gasteiger partial charge in [-0.3, -0.25) is 10.1 Å². The summed E-state index contributed by atoms with van der Waals surface area (Å²) in [5.74, 6) is 0.184. The van der Waals surface area contributed by atoms with Crippen LogP contribution in [0.3, 0.4) is 0 Å². The van der Waals surface area contributed by atoms with E-state index < -0.39 is 0 Å². The summed E-state index contributed by atoms with van der Waals surface area (Å²) in [6, 6.07) is 0. The van der Waals surface area contributed by atoms with Crippen molar-refractivity contribution in [2.45, 2.75) is 11.3 Å². The van der Waals surface area contributed by atoms with Crippen LogP contribution in [-0.2, 0) is 4.79 Å². The van der Waals surface area contributed by atoms with Crippen molar-refractivity contribution in [1.29, 1.82) is 0 Å². The minimum Gasteiger partial charge on any atom is -0.300 e. The second-order valence-corrected chi connectivity index (χ2v) is 5.91. The molecule has 2 rings (SSSR count). The van der Waals surface area contributed by atoms with Crippen LogP contribution in [0.4, 0.5) is 5.13 Å². The summed E-state index contributed by atoms with van der Waals surface area (Å²) in [5, 5.41) is 19.2. The molecule has 0 aliphatic carbocycles. The molecule has 9 heteroatoms. The van der Waals surface area contributed by atoms with Gasteiger partial charge in [-0.25, -0.2) is 0 Å². The van der Waals surface area contributed by atoms with Gasteiger partial charge < -0.3 is 0 Å². The van der Waals surface area contributed by atoms with Crippen LogP contribution in [0.2, 0.25) is 0 Å². The van der Waals surface area contributed by atoms with Crippen molar-refractivity contribution in [3.05, 3.63) is 10.5 Å². The molecule has 2 heterocycles. The zero-order valence-corrected chi connectivity index (χ0v) is 10.7. The number of carbonyl (C=O) groups excluding carboxylic acids is 1. The molecule has 0 unspecified atom stereocenters. The quantitative estimate of drug-likeness (QED) is 0.849. The number of carbonyl (C=O) groups is 1. The lowest BCUT2D eigenvalue weighted by Crippen LogP contribution is -2.13. The normalized spacial score (nSPS) is 10.3. The Morgan fingerprint density at radius 1 is 1.50 bits per heavy atom. The molecule has 6 nitrogen and oxygen atoms in total. The molecule has 0 saturated heterocycles. The van der Waals surface area contributed by atoms with Gasteiger partial charge in [0.25, 0.3) is 0 Å². The summed E-state index contributed by atoms with van der Waals surface area (Å²) in [6.45, 7) is 1.88. The number of amides is 1. The molecule has 0 radical (unpaired) electrons. The number of aromatic nitrogens is 4. The molecule has 0 aliphatic rings. The van der Waals surface area contributed by atoms with Crippen LogP contribution in [0.1, 0.15) is 5.01 Å². The van der Waals surface area contributed by atoms with Gasteiger partial charge in [0, 0.05) is 0 Å². The van der Waals surface area contributed by atoms with E-state index in [0.29, 0.717) is 10.9 Å². The Balaban J connectivity index is 1.80. The number of hydrogen-bond donors (Lipinski definition) is 1. The van der Waals surface area contributed by atoms with Crippen molar-refractivity contribution in [2.75, 3.05) is 11.1 Å². The van der Waals surface area contributed by atoms with Crippen LogP contribution in [-0.4, -0.2) is 32.1 Å². The Morgan fingerprint density at radius 3 is 3.00 bits per heavy atom. The maximum Gasteiger partial charge on any atom is 0.236 e. The molecule has 0 spiro atoms. The first-order chi connectivity index (χ1) is 7.74. The second-order valence-electron chi connectivity index (χ2n) is 2.67. The first-order valence-corrected chi connectivity index (χ1v) is 6.91. The molecule has 0 bridgehead atoms. The molecular formula is C7H7N5OS3. The number of rotatable bonds is 4. The largest absolute Gasteiger partial charge is 0.300 e. The Kier molecular flexibility index (Phi) is 3.80. The monoisotopic (exact) mass is 273 g/mol. The Bertz CT molecular complexity index is 468. The number of nitrogens with one attached hydrogen (secondary N) is 1. The fraction of sp³-hybridized carbons (Fsp3) is 0.286. The first-order valence-electron chi connectivity index (χ1n) is 4.23. The number of hydrogen-bond acceptors (Lipinski definition) is 8. The van der Waals surface area contributed by atoms with Gasteiger partial charge in [-0.1, -0.05) is 34.4 Å². The predicted molar refractivity (Wildman–Crippen MR) is 63.9 cm³/mol. The lowest BCUT2D eigenvalue weighted by molar-refractivity contribution is -0.113. The summed E-state index contributed by atoms with van der Waals surface area (Å²) in [7, 11) is 0. The maximum absolute atomic E-state index is 11.5. The van der Waals surface area contributed by atoms with E-state index in [1.165, 1.54) is 34.4 Å². The highest BCUT2D eigenvalue weighted by Gasteiger charge is 2.07. The standard InChI is InChI=1S/C7H7N5OS3/c1-4-10-12-7(16-4)14-2-5(13)9-6-11-8-3-15-6/h3H,2H2,1H3,(H,9,11,13). The summed E-state index contributed by atoms with van der Waals surface area (Å²) < 4.78 is 0.796. The molecule has 0 atom stereocenters. The smallest absolute Gasteiger partial charge is 0.236 e. The minimum atomic E-state index is -0.116. The van der Waals surface area contributed by atoms with Crippen molar-refractivity contribution in [2.24, 2.45) is 0 Å². The Hall–Kier alpha value is -1.06. The van der Waals surface area contributed by atoms with Gasteiger partial charge in [0.2, 0.25) is 11.0 Å². The predicted octanol–water partition coefficient (Wildman–Crippen LogP) is 1.43. The summed E-state index contributed by atoms with van der Waals surface area (Å²) in [4.78, 5) is 11.5. The van der Waals surface area contributed by atoms with Crippen LogP contribution in [0.25, 0.3) is 0 Å². The Morgan fingerprint density at radius 2 is 2.38 bits per heavy atom. The molecule has 2 aromatic heterocycles. The average Bonchev–Trinajstić information content (AvgIpc) is 2.87. The van der Waals surface area contributed by atoms with Gasteiger partial charge >= 0.3 is 0 Å². The third kappa shape index (κ3) is 3.22. The number of thioether (sulfide) groups is 1. The molecular weight excluding hydrogens is 266 g/mol. The molecule has 1 N–H and O–H groups in total. The van der Waals surface area contributed by atoms with E-state index in [0.717, 1.165) is 9.35 Å². The van der Waals surface area contributed by atoms with Crippen LogP contribution >= 0.6 is 34.4 Å². The van der Waals surface area contributed by atoms with E-state index in [9.17, 15) is 4.79 Å². The lowest BCUT2D eigenvalue weighted by Gasteiger charge is -1.97. The molecule has 0 saturated carbocycles. The van der Waals surface area contributed by atoms with Crippen LogP contribution < -0.4 is 5.32 Å². The van der Waals surface area contributed by atoms with E-state index in [4.69, 9.17) is 0 Å². The van der Waals surface area contributed by atoms with Crippen molar-refractivity contribution >= 4 is 45.5 Å². The van der Waals surface area contributed by atoms with Gasteiger partial charge in [-0.05, 0) is 6.92 Å². The molecule has 0 fully saturated rings. The molecule has 2 aromatic rings. The van der Waals surface area contributed by atoms with E-state index >= 15 is 0 Å². The summed E-state index contributed by atoms with van der Waals surface area (Å²) >= 11 is 4.12. The maximum atomic E-state index is 11.5. The fourth-order valence-corrected chi connectivity index (χ4v) is 2.92. The van der Waals surface area contributed by atoms with Gasteiger partial charge in [-0.2, -0.15) is 0 Å². The molecule has 84 valence electrons. The van der Waals surface area contributed by atoms with Crippen molar-refractivity contribution < 1.29 is 4.79 Å². The van der Waals surface area contributed by atoms with Gasteiger partial charge in [0.1, 0.15) is 10.5 Å². The van der Waals surface area contributed by atoms with Crippen LogP contribution in [0.5, 0.6) is 0 Å². The van der Waals surface area contributed by atoms with E-state index in [2.05, 4.69) is 25.7 Å². The molecule has 16 heavy (non-hydrogen) atoms.